The van der Waals surface area contributed by atoms with Crippen LogP contribution in [0.15, 0.2) is 79.4 Å². The van der Waals surface area contributed by atoms with Crippen molar-refractivity contribution in [2.24, 2.45) is 0 Å². The van der Waals surface area contributed by atoms with E-state index in [4.69, 9.17) is 16.6 Å². The third kappa shape index (κ3) is 4.10. The molecule has 0 amide bonds. The number of aromatic nitrogens is 4. The average Bonchev–Trinajstić information content (AvgIpc) is 2.74. The zero-order chi connectivity index (χ0) is 18.5. The normalized spacial score (nSPS) is 10.6. The second-order valence-electron chi connectivity index (χ2n) is 5.88. The summed E-state index contributed by atoms with van der Waals surface area (Å²) >= 11 is 6.02. The molecule has 6 heteroatoms. The Labute approximate surface area is 162 Å². The van der Waals surface area contributed by atoms with Crippen molar-refractivity contribution in [3.63, 3.8) is 0 Å². The van der Waals surface area contributed by atoms with Crippen LogP contribution in [-0.2, 0) is 6.54 Å². The van der Waals surface area contributed by atoms with E-state index in [1.54, 1.807) is 18.6 Å². The highest BCUT2D eigenvalue weighted by Gasteiger charge is 2.11. The van der Waals surface area contributed by atoms with Crippen LogP contribution in [0.5, 0.6) is 0 Å². The van der Waals surface area contributed by atoms with Gasteiger partial charge in [0, 0.05) is 40.9 Å². The van der Waals surface area contributed by atoms with Gasteiger partial charge in [-0.2, -0.15) is 0 Å². The molecule has 0 spiro atoms. The average molecular weight is 374 g/mol. The van der Waals surface area contributed by atoms with Gasteiger partial charge in [-0.1, -0.05) is 29.8 Å². The lowest BCUT2D eigenvalue weighted by atomic mass is 10.1. The van der Waals surface area contributed by atoms with Gasteiger partial charge in [0.15, 0.2) is 5.82 Å². The van der Waals surface area contributed by atoms with Gasteiger partial charge in [-0.3, -0.25) is 9.97 Å². The second-order valence-corrected chi connectivity index (χ2v) is 6.32. The summed E-state index contributed by atoms with van der Waals surface area (Å²) in [7, 11) is 0. The molecule has 0 aliphatic rings. The van der Waals surface area contributed by atoms with E-state index in [1.165, 1.54) is 0 Å². The summed E-state index contributed by atoms with van der Waals surface area (Å²) in [6, 6.07) is 17.3. The van der Waals surface area contributed by atoms with E-state index in [0.29, 0.717) is 17.4 Å². The standard InChI is InChI=1S/C21H16ClN5/c22-17-8-6-15(7-9-17)19-14-26-20(16-4-3-10-23-12-16)27-21(19)25-13-18-5-1-2-11-24-18/h1-12,14H,13H2,(H,25,26,27). The Balaban J connectivity index is 1.72. The number of rotatable bonds is 5. The van der Waals surface area contributed by atoms with Crippen LogP contribution >= 0.6 is 11.6 Å². The first-order valence-electron chi connectivity index (χ1n) is 8.47. The van der Waals surface area contributed by atoms with Gasteiger partial charge in [0.05, 0.1) is 12.2 Å². The first kappa shape index (κ1) is 17.1. The minimum Gasteiger partial charge on any atom is -0.364 e. The highest BCUT2D eigenvalue weighted by Crippen LogP contribution is 2.29. The van der Waals surface area contributed by atoms with Crippen LogP contribution in [-0.4, -0.2) is 19.9 Å². The van der Waals surface area contributed by atoms with Gasteiger partial charge in [0.2, 0.25) is 0 Å². The van der Waals surface area contributed by atoms with Gasteiger partial charge in [-0.05, 0) is 42.0 Å². The van der Waals surface area contributed by atoms with Crippen LogP contribution in [0.1, 0.15) is 5.69 Å². The molecule has 0 radical (unpaired) electrons. The Kier molecular flexibility index (Phi) is 5.03. The molecule has 3 heterocycles. The van der Waals surface area contributed by atoms with Gasteiger partial charge < -0.3 is 5.32 Å². The maximum absolute atomic E-state index is 6.02. The van der Waals surface area contributed by atoms with Crippen LogP contribution in [0.2, 0.25) is 5.02 Å². The number of nitrogens with one attached hydrogen (secondary N) is 1. The summed E-state index contributed by atoms with van der Waals surface area (Å²) in [6.07, 6.45) is 7.07. The molecule has 27 heavy (non-hydrogen) atoms. The highest BCUT2D eigenvalue weighted by molar-refractivity contribution is 6.30. The van der Waals surface area contributed by atoms with Crippen molar-refractivity contribution < 1.29 is 0 Å². The van der Waals surface area contributed by atoms with Crippen LogP contribution in [0.25, 0.3) is 22.5 Å². The Morgan fingerprint density at radius 1 is 0.815 bits per heavy atom. The Bertz CT molecular complexity index is 1020. The van der Waals surface area contributed by atoms with Gasteiger partial charge in [0.25, 0.3) is 0 Å². The number of hydrogen-bond donors (Lipinski definition) is 1. The van der Waals surface area contributed by atoms with Crippen LogP contribution < -0.4 is 5.32 Å². The van der Waals surface area contributed by atoms with Crippen molar-refractivity contribution in [2.45, 2.75) is 6.54 Å². The van der Waals surface area contributed by atoms with E-state index in [2.05, 4.69) is 20.3 Å². The van der Waals surface area contributed by atoms with Gasteiger partial charge in [0.1, 0.15) is 5.82 Å². The van der Waals surface area contributed by atoms with Crippen molar-refractivity contribution in [1.29, 1.82) is 0 Å². The lowest BCUT2D eigenvalue weighted by Crippen LogP contribution is -2.06. The molecule has 0 aliphatic heterocycles. The largest absolute Gasteiger partial charge is 0.364 e. The summed E-state index contributed by atoms with van der Waals surface area (Å²) in [5, 5.41) is 4.08. The fraction of sp³-hybridized carbons (Fsp3) is 0.0476. The summed E-state index contributed by atoms with van der Waals surface area (Å²) in [4.78, 5) is 17.8. The summed E-state index contributed by atoms with van der Waals surface area (Å²) in [6.45, 7) is 0.560. The number of halogens is 1. The molecule has 132 valence electrons. The predicted molar refractivity (Wildman–Crippen MR) is 107 cm³/mol. The molecule has 3 aromatic heterocycles. The van der Waals surface area contributed by atoms with Crippen LogP contribution in [0.4, 0.5) is 5.82 Å². The maximum atomic E-state index is 6.02. The van der Waals surface area contributed by atoms with Crippen molar-refractivity contribution in [3.8, 4) is 22.5 Å². The summed E-state index contributed by atoms with van der Waals surface area (Å²) in [5.41, 5.74) is 3.68. The first-order chi connectivity index (χ1) is 13.3. The molecular formula is C21H16ClN5. The third-order valence-electron chi connectivity index (χ3n) is 4.03. The molecule has 5 nitrogen and oxygen atoms in total. The fourth-order valence-corrected chi connectivity index (χ4v) is 2.79. The van der Waals surface area contributed by atoms with E-state index in [9.17, 15) is 0 Å². The van der Waals surface area contributed by atoms with E-state index in [0.717, 1.165) is 28.2 Å². The second kappa shape index (κ2) is 7.93. The fourth-order valence-electron chi connectivity index (χ4n) is 2.67. The van der Waals surface area contributed by atoms with E-state index >= 15 is 0 Å². The van der Waals surface area contributed by atoms with Crippen molar-refractivity contribution in [3.05, 3.63) is 90.1 Å². The van der Waals surface area contributed by atoms with E-state index in [-0.39, 0.29) is 0 Å². The molecule has 1 aromatic carbocycles. The van der Waals surface area contributed by atoms with Crippen molar-refractivity contribution in [2.75, 3.05) is 5.32 Å². The van der Waals surface area contributed by atoms with Gasteiger partial charge in [-0.25, -0.2) is 9.97 Å². The van der Waals surface area contributed by atoms with Crippen molar-refractivity contribution in [1.82, 2.24) is 19.9 Å². The molecule has 0 saturated carbocycles. The summed E-state index contributed by atoms with van der Waals surface area (Å²) < 4.78 is 0. The van der Waals surface area contributed by atoms with Crippen molar-refractivity contribution >= 4 is 17.4 Å². The Morgan fingerprint density at radius 2 is 1.70 bits per heavy atom. The minimum atomic E-state index is 0.560. The zero-order valence-electron chi connectivity index (χ0n) is 14.4. The number of benzene rings is 1. The molecule has 1 N–H and O–H groups in total. The van der Waals surface area contributed by atoms with E-state index < -0.39 is 0 Å². The molecule has 0 aliphatic carbocycles. The molecular weight excluding hydrogens is 358 g/mol. The molecule has 0 atom stereocenters. The lowest BCUT2D eigenvalue weighted by Gasteiger charge is -2.12. The third-order valence-corrected chi connectivity index (χ3v) is 4.28. The molecule has 0 unspecified atom stereocenters. The van der Waals surface area contributed by atoms with Gasteiger partial charge >= 0.3 is 0 Å². The zero-order valence-corrected chi connectivity index (χ0v) is 15.1. The molecule has 0 bridgehead atoms. The number of anilines is 1. The summed E-state index contributed by atoms with van der Waals surface area (Å²) in [5.74, 6) is 1.35. The SMILES string of the molecule is Clc1ccc(-c2cnc(-c3cccnc3)nc2NCc2ccccn2)cc1. The molecule has 4 aromatic rings. The quantitative estimate of drug-likeness (QED) is 0.541. The topological polar surface area (TPSA) is 63.6 Å². The van der Waals surface area contributed by atoms with Crippen LogP contribution in [0.3, 0.4) is 0 Å². The van der Waals surface area contributed by atoms with E-state index in [1.807, 2.05) is 60.8 Å². The smallest absolute Gasteiger partial charge is 0.163 e. The Morgan fingerprint density at radius 3 is 2.44 bits per heavy atom. The minimum absolute atomic E-state index is 0.560. The maximum Gasteiger partial charge on any atom is 0.163 e. The number of hydrogen-bond acceptors (Lipinski definition) is 5. The monoisotopic (exact) mass is 373 g/mol. The first-order valence-corrected chi connectivity index (χ1v) is 8.84. The molecule has 0 saturated heterocycles. The Hall–Kier alpha value is -3.31. The number of nitrogens with zero attached hydrogens (tertiary/aromatic N) is 4. The molecule has 0 fully saturated rings. The lowest BCUT2D eigenvalue weighted by molar-refractivity contribution is 1.02. The number of pyridine rings is 2. The van der Waals surface area contributed by atoms with Crippen LogP contribution in [0, 0.1) is 0 Å². The predicted octanol–water partition coefficient (Wildman–Crippen LogP) is 4.87. The highest BCUT2D eigenvalue weighted by atomic mass is 35.5. The van der Waals surface area contributed by atoms with Gasteiger partial charge in [-0.15, -0.1) is 0 Å². The molecule has 4 rings (SSSR count).